The summed E-state index contributed by atoms with van der Waals surface area (Å²) in [6.45, 7) is 9.31. The van der Waals surface area contributed by atoms with Gasteiger partial charge in [0.15, 0.2) is 0 Å². The second kappa shape index (κ2) is 6.23. The van der Waals surface area contributed by atoms with E-state index in [0.29, 0.717) is 5.57 Å². The molecule has 0 aliphatic rings. The Morgan fingerprint density at radius 3 is 2.76 bits per heavy atom. The molecule has 17 heavy (non-hydrogen) atoms. The van der Waals surface area contributed by atoms with Crippen molar-refractivity contribution < 1.29 is 9.53 Å². The number of nitrogens with zero attached hydrogens (tertiary/aromatic N) is 1. The van der Waals surface area contributed by atoms with Crippen LogP contribution in [0.2, 0.25) is 0 Å². The molecule has 0 aliphatic carbocycles. The number of H-pyrrole nitrogens is 1. The van der Waals surface area contributed by atoms with E-state index in [-0.39, 0.29) is 12.1 Å². The number of esters is 1. The molecule has 0 spiro atoms. The number of aryl methyl sites for hydroxylation is 1. The molecule has 0 saturated heterocycles. The zero-order valence-electron chi connectivity index (χ0n) is 10.7. The van der Waals surface area contributed by atoms with Crippen molar-refractivity contribution in [3.05, 3.63) is 29.9 Å². The summed E-state index contributed by atoms with van der Waals surface area (Å²) in [4.78, 5) is 18.9. The summed E-state index contributed by atoms with van der Waals surface area (Å²) in [7, 11) is 0. The molecule has 0 aliphatic heterocycles. The van der Waals surface area contributed by atoms with Gasteiger partial charge in [0.1, 0.15) is 11.9 Å². The molecule has 1 unspecified atom stereocenters. The molecule has 1 atom stereocenters. The Morgan fingerprint density at radius 2 is 2.29 bits per heavy atom. The first-order valence-corrected chi connectivity index (χ1v) is 5.98. The molecular formula is C13H20N2O2. The van der Waals surface area contributed by atoms with Crippen LogP contribution < -0.4 is 0 Å². The maximum atomic E-state index is 11.5. The van der Waals surface area contributed by atoms with Gasteiger partial charge >= 0.3 is 5.97 Å². The molecule has 0 bridgehead atoms. The van der Waals surface area contributed by atoms with Crippen molar-refractivity contribution in [1.82, 2.24) is 9.97 Å². The molecule has 4 nitrogen and oxygen atoms in total. The molecule has 0 aromatic carbocycles. The van der Waals surface area contributed by atoms with Gasteiger partial charge in [-0.3, -0.25) is 0 Å². The van der Waals surface area contributed by atoms with E-state index >= 15 is 0 Å². The summed E-state index contributed by atoms with van der Waals surface area (Å²) in [5, 5.41) is 0. The van der Waals surface area contributed by atoms with Crippen LogP contribution in [-0.4, -0.2) is 15.9 Å². The van der Waals surface area contributed by atoms with Crippen LogP contribution in [-0.2, 0) is 16.0 Å². The highest BCUT2D eigenvalue weighted by Gasteiger charge is 2.18. The van der Waals surface area contributed by atoms with Crippen molar-refractivity contribution in [3.63, 3.8) is 0 Å². The highest BCUT2D eigenvalue weighted by Crippen LogP contribution is 2.22. The van der Waals surface area contributed by atoms with Crippen molar-refractivity contribution in [2.24, 2.45) is 0 Å². The van der Waals surface area contributed by atoms with E-state index in [1.54, 1.807) is 13.1 Å². The summed E-state index contributed by atoms with van der Waals surface area (Å²) < 4.78 is 5.39. The number of aromatic nitrogens is 2. The molecule has 0 radical (unpaired) electrons. The predicted molar refractivity (Wildman–Crippen MR) is 66.5 cm³/mol. The highest BCUT2D eigenvalue weighted by molar-refractivity contribution is 5.87. The minimum Gasteiger partial charge on any atom is -0.453 e. The van der Waals surface area contributed by atoms with Gasteiger partial charge < -0.3 is 9.72 Å². The third-order valence-electron chi connectivity index (χ3n) is 2.48. The van der Waals surface area contributed by atoms with E-state index in [0.717, 1.165) is 30.8 Å². The molecule has 1 rings (SSSR count). The van der Waals surface area contributed by atoms with Crippen molar-refractivity contribution in [3.8, 4) is 0 Å². The molecule has 1 N–H and O–H groups in total. The topological polar surface area (TPSA) is 55.0 Å². The summed E-state index contributed by atoms with van der Waals surface area (Å²) in [6, 6.07) is 0. The van der Waals surface area contributed by atoms with Crippen molar-refractivity contribution >= 4 is 5.97 Å². The van der Waals surface area contributed by atoms with Crippen LogP contribution >= 0.6 is 0 Å². The number of carbonyl (C=O) groups is 1. The van der Waals surface area contributed by atoms with Crippen LogP contribution in [0, 0.1) is 0 Å². The third-order valence-corrected chi connectivity index (χ3v) is 2.48. The van der Waals surface area contributed by atoms with Crippen molar-refractivity contribution in [2.45, 2.75) is 46.1 Å². The van der Waals surface area contributed by atoms with Gasteiger partial charge in [-0.15, -0.1) is 0 Å². The fraction of sp³-hybridized carbons (Fsp3) is 0.538. The Bertz CT molecular complexity index is 396. The first-order valence-electron chi connectivity index (χ1n) is 5.98. The van der Waals surface area contributed by atoms with Crippen LogP contribution in [0.1, 0.15) is 51.2 Å². The lowest BCUT2D eigenvalue weighted by Gasteiger charge is -2.15. The zero-order chi connectivity index (χ0) is 12.8. The summed E-state index contributed by atoms with van der Waals surface area (Å²) in [5.41, 5.74) is 1.28. The van der Waals surface area contributed by atoms with Gasteiger partial charge in [-0.05, 0) is 13.3 Å². The summed E-state index contributed by atoms with van der Waals surface area (Å²) >= 11 is 0. The van der Waals surface area contributed by atoms with Crippen molar-refractivity contribution in [1.29, 1.82) is 0 Å². The SMILES string of the molecule is C=C(C)C(=O)OC(CCC)c1cnc(CC)[nH]1. The van der Waals surface area contributed by atoms with Gasteiger partial charge in [-0.1, -0.05) is 26.8 Å². The highest BCUT2D eigenvalue weighted by atomic mass is 16.5. The average molecular weight is 236 g/mol. The van der Waals surface area contributed by atoms with E-state index in [1.165, 1.54) is 0 Å². The molecule has 4 heteroatoms. The maximum absolute atomic E-state index is 11.5. The Hall–Kier alpha value is -1.58. The average Bonchev–Trinajstić information content (AvgIpc) is 2.76. The first kappa shape index (κ1) is 13.5. The Balaban J connectivity index is 2.77. The van der Waals surface area contributed by atoms with Crippen LogP contribution in [0.3, 0.4) is 0 Å². The van der Waals surface area contributed by atoms with Gasteiger partial charge in [0, 0.05) is 12.0 Å². The summed E-state index contributed by atoms with van der Waals surface area (Å²) in [6.07, 6.45) is 4.05. The molecule has 1 heterocycles. The Kier molecular flexibility index (Phi) is 4.94. The molecule has 0 fully saturated rings. The molecular weight excluding hydrogens is 216 g/mol. The normalized spacial score (nSPS) is 12.2. The number of hydrogen-bond acceptors (Lipinski definition) is 3. The largest absolute Gasteiger partial charge is 0.453 e. The smallest absolute Gasteiger partial charge is 0.333 e. The quantitative estimate of drug-likeness (QED) is 0.610. The molecule has 0 amide bonds. The van der Waals surface area contributed by atoms with E-state index in [2.05, 4.69) is 23.5 Å². The minimum absolute atomic E-state index is 0.253. The first-order chi connectivity index (χ1) is 8.08. The number of hydrogen-bond donors (Lipinski definition) is 1. The minimum atomic E-state index is -0.351. The number of carbonyl (C=O) groups excluding carboxylic acids is 1. The van der Waals surface area contributed by atoms with Gasteiger partial charge in [-0.25, -0.2) is 9.78 Å². The predicted octanol–water partition coefficient (Wildman–Crippen LogP) is 2.93. The molecule has 94 valence electrons. The van der Waals surface area contributed by atoms with E-state index in [9.17, 15) is 4.79 Å². The second-order valence-electron chi connectivity index (χ2n) is 4.10. The van der Waals surface area contributed by atoms with E-state index in [4.69, 9.17) is 4.74 Å². The van der Waals surface area contributed by atoms with Crippen LogP contribution in [0.5, 0.6) is 0 Å². The van der Waals surface area contributed by atoms with E-state index < -0.39 is 0 Å². The number of nitrogens with one attached hydrogen (secondary N) is 1. The summed E-state index contributed by atoms with van der Waals surface area (Å²) in [5.74, 6) is 0.559. The maximum Gasteiger partial charge on any atom is 0.333 e. The molecule has 1 aromatic rings. The van der Waals surface area contributed by atoms with Crippen LogP contribution in [0.4, 0.5) is 0 Å². The van der Waals surface area contributed by atoms with E-state index in [1.807, 2.05) is 6.92 Å². The molecule has 0 saturated carbocycles. The lowest BCUT2D eigenvalue weighted by Crippen LogP contribution is -2.12. The Labute approximate surface area is 102 Å². The van der Waals surface area contributed by atoms with Crippen LogP contribution in [0.25, 0.3) is 0 Å². The Morgan fingerprint density at radius 1 is 1.59 bits per heavy atom. The lowest BCUT2D eigenvalue weighted by molar-refractivity contribution is -0.145. The fourth-order valence-corrected chi connectivity index (χ4v) is 1.49. The fourth-order valence-electron chi connectivity index (χ4n) is 1.49. The standard InChI is InChI=1S/C13H20N2O2/c1-5-7-11(17-13(16)9(3)4)10-8-14-12(6-2)15-10/h8,11H,3,5-7H2,1-2,4H3,(H,14,15). The van der Waals surface area contributed by atoms with Crippen LogP contribution in [0.15, 0.2) is 18.3 Å². The second-order valence-corrected chi connectivity index (χ2v) is 4.10. The van der Waals surface area contributed by atoms with Gasteiger partial charge in [-0.2, -0.15) is 0 Å². The monoisotopic (exact) mass is 236 g/mol. The lowest BCUT2D eigenvalue weighted by atomic mass is 10.1. The van der Waals surface area contributed by atoms with Gasteiger partial charge in [0.25, 0.3) is 0 Å². The third kappa shape index (κ3) is 3.73. The number of ether oxygens (including phenoxy) is 1. The number of aromatic amines is 1. The molecule has 1 aromatic heterocycles. The number of rotatable bonds is 6. The van der Waals surface area contributed by atoms with Gasteiger partial charge in [0.2, 0.25) is 0 Å². The van der Waals surface area contributed by atoms with Gasteiger partial charge in [0.05, 0.1) is 11.9 Å². The zero-order valence-corrected chi connectivity index (χ0v) is 10.7. The number of imidazole rings is 1. The van der Waals surface area contributed by atoms with Crippen molar-refractivity contribution in [2.75, 3.05) is 0 Å².